The number of aliphatic imine (C=N–C) groups is 1. The number of rotatable bonds is 0. The minimum atomic E-state index is -0.380. The molecule has 0 aromatic heterocycles. The molecule has 0 saturated carbocycles. The van der Waals surface area contributed by atoms with Gasteiger partial charge in [-0.1, -0.05) is 0 Å². The molecule has 1 heterocycles. The Morgan fingerprint density at radius 2 is 2.62 bits per heavy atom. The van der Waals surface area contributed by atoms with Crippen LogP contribution in [-0.4, -0.2) is 11.9 Å². The number of carbonyl (C=O) groups is 1. The summed E-state index contributed by atoms with van der Waals surface area (Å²) < 4.78 is 0. The molecular formula is C5H4N2O. The van der Waals surface area contributed by atoms with E-state index in [1.165, 1.54) is 6.20 Å². The van der Waals surface area contributed by atoms with Crippen molar-refractivity contribution < 1.29 is 4.79 Å². The fraction of sp³-hybridized carbons (Fsp3) is 0. The van der Waals surface area contributed by atoms with Crippen LogP contribution in [0.15, 0.2) is 23.3 Å². The summed E-state index contributed by atoms with van der Waals surface area (Å²) in [6.45, 7) is 0. The van der Waals surface area contributed by atoms with E-state index in [1.807, 2.05) is 0 Å². The fourth-order valence-corrected chi connectivity index (χ4v) is 0.339. The molecule has 1 aliphatic rings. The SMILES string of the molecule is O=C1N=C=CC=CN1. The van der Waals surface area contributed by atoms with Crippen LogP contribution in [0.4, 0.5) is 4.79 Å². The molecule has 0 atom stereocenters. The number of nitrogens with zero attached hydrogens (tertiary/aromatic N) is 1. The van der Waals surface area contributed by atoms with E-state index in [0.29, 0.717) is 0 Å². The quantitative estimate of drug-likeness (QED) is 0.481. The van der Waals surface area contributed by atoms with Crippen molar-refractivity contribution in [3.05, 3.63) is 18.4 Å². The molecule has 1 aliphatic heterocycles. The number of hydrogen-bond acceptors (Lipinski definition) is 1. The maximum Gasteiger partial charge on any atom is 0.353 e. The summed E-state index contributed by atoms with van der Waals surface area (Å²) in [5.74, 6) is 2.40. The van der Waals surface area contributed by atoms with Gasteiger partial charge in [0.25, 0.3) is 0 Å². The maximum absolute atomic E-state index is 10.3. The van der Waals surface area contributed by atoms with Crippen molar-refractivity contribution in [1.82, 2.24) is 5.32 Å². The predicted octanol–water partition coefficient (Wildman–Crippen LogP) is 0.449. The monoisotopic (exact) mass is 108 g/mol. The molecule has 8 heavy (non-hydrogen) atoms. The average molecular weight is 108 g/mol. The number of carbonyl (C=O) groups excluding carboxylic acids is 1. The number of urea groups is 1. The van der Waals surface area contributed by atoms with E-state index in [2.05, 4.69) is 16.2 Å². The van der Waals surface area contributed by atoms with Gasteiger partial charge < -0.3 is 5.32 Å². The Morgan fingerprint density at radius 3 is 3.50 bits per heavy atom. The van der Waals surface area contributed by atoms with Crippen LogP contribution in [0.5, 0.6) is 0 Å². The van der Waals surface area contributed by atoms with Crippen LogP contribution in [-0.2, 0) is 0 Å². The molecule has 0 saturated heterocycles. The molecule has 0 aromatic carbocycles. The second-order valence-corrected chi connectivity index (χ2v) is 1.22. The summed E-state index contributed by atoms with van der Waals surface area (Å²) in [4.78, 5) is 13.6. The van der Waals surface area contributed by atoms with E-state index in [-0.39, 0.29) is 6.03 Å². The molecule has 0 aromatic rings. The van der Waals surface area contributed by atoms with Gasteiger partial charge >= 0.3 is 6.03 Å². The van der Waals surface area contributed by atoms with Crippen molar-refractivity contribution in [2.24, 2.45) is 4.99 Å². The molecule has 2 amide bonds. The lowest BCUT2D eigenvalue weighted by atomic mass is 10.6. The zero-order chi connectivity index (χ0) is 5.82. The topological polar surface area (TPSA) is 41.5 Å². The van der Waals surface area contributed by atoms with Crippen molar-refractivity contribution in [1.29, 1.82) is 0 Å². The van der Waals surface area contributed by atoms with E-state index in [0.717, 1.165) is 0 Å². The molecule has 0 fully saturated rings. The number of allylic oxidation sites excluding steroid dienone is 2. The van der Waals surface area contributed by atoms with Crippen LogP contribution in [0, 0.1) is 0 Å². The predicted molar refractivity (Wildman–Crippen MR) is 29.7 cm³/mol. The third-order valence-corrected chi connectivity index (χ3v) is 0.640. The molecule has 40 valence electrons. The van der Waals surface area contributed by atoms with Crippen molar-refractivity contribution in [2.75, 3.05) is 0 Å². The summed E-state index contributed by atoms with van der Waals surface area (Å²) in [7, 11) is 0. The molecular weight excluding hydrogens is 104 g/mol. The summed E-state index contributed by atoms with van der Waals surface area (Å²) in [6.07, 6.45) is 4.71. The lowest BCUT2D eigenvalue weighted by Crippen LogP contribution is -2.09. The highest BCUT2D eigenvalue weighted by molar-refractivity contribution is 5.84. The zero-order valence-electron chi connectivity index (χ0n) is 4.09. The van der Waals surface area contributed by atoms with E-state index < -0.39 is 0 Å². The minimum absolute atomic E-state index is 0.380. The maximum atomic E-state index is 10.3. The molecule has 0 unspecified atom stereocenters. The zero-order valence-corrected chi connectivity index (χ0v) is 4.09. The van der Waals surface area contributed by atoms with Crippen molar-refractivity contribution in [2.45, 2.75) is 0 Å². The first kappa shape index (κ1) is 4.81. The summed E-state index contributed by atoms with van der Waals surface area (Å²) in [5, 5.41) is 2.36. The number of nitrogens with one attached hydrogen (secondary N) is 1. The van der Waals surface area contributed by atoms with Crippen LogP contribution in [0.2, 0.25) is 0 Å². The highest BCUT2D eigenvalue weighted by Crippen LogP contribution is 1.77. The van der Waals surface area contributed by atoms with Crippen molar-refractivity contribution in [3.63, 3.8) is 0 Å². The third kappa shape index (κ3) is 1.06. The van der Waals surface area contributed by atoms with E-state index >= 15 is 0 Å². The van der Waals surface area contributed by atoms with Crippen LogP contribution in [0.1, 0.15) is 0 Å². The fourth-order valence-electron chi connectivity index (χ4n) is 0.339. The van der Waals surface area contributed by atoms with Crippen LogP contribution in [0.3, 0.4) is 0 Å². The Morgan fingerprint density at radius 1 is 1.75 bits per heavy atom. The van der Waals surface area contributed by atoms with Gasteiger partial charge in [-0.3, -0.25) is 0 Å². The van der Waals surface area contributed by atoms with Crippen molar-refractivity contribution >= 4 is 11.9 Å². The van der Waals surface area contributed by atoms with Gasteiger partial charge in [-0.05, 0) is 11.9 Å². The Labute approximate surface area is 46.4 Å². The lowest BCUT2D eigenvalue weighted by molar-refractivity contribution is 0.252. The first-order chi connectivity index (χ1) is 3.89. The molecule has 1 rings (SSSR count). The Kier molecular flexibility index (Phi) is 1.26. The second kappa shape index (κ2) is 2.09. The largest absolute Gasteiger partial charge is 0.353 e. The molecule has 1 N–H and O–H groups in total. The summed E-state index contributed by atoms with van der Waals surface area (Å²) >= 11 is 0. The molecule has 3 nitrogen and oxygen atoms in total. The van der Waals surface area contributed by atoms with Gasteiger partial charge in [0.05, 0.1) is 0 Å². The standard InChI is InChI=1S/C5H4N2O/c8-5-6-3-1-2-4-7-5/h1-3H,(H,6,8). The number of hydrogen-bond donors (Lipinski definition) is 1. The minimum Gasteiger partial charge on any atom is -0.312 e. The smallest absolute Gasteiger partial charge is 0.312 e. The van der Waals surface area contributed by atoms with Gasteiger partial charge in [-0.15, -0.1) is 4.99 Å². The van der Waals surface area contributed by atoms with Gasteiger partial charge in [-0.25, -0.2) is 4.79 Å². The van der Waals surface area contributed by atoms with Crippen molar-refractivity contribution in [3.8, 4) is 0 Å². The number of amides is 2. The van der Waals surface area contributed by atoms with Gasteiger partial charge in [0.1, 0.15) is 0 Å². The lowest BCUT2D eigenvalue weighted by Gasteiger charge is -1.83. The summed E-state index contributed by atoms with van der Waals surface area (Å²) in [5.41, 5.74) is 0. The Balaban J connectivity index is 2.84. The molecule has 3 heteroatoms. The highest BCUT2D eigenvalue weighted by atomic mass is 16.2. The molecule has 0 bridgehead atoms. The average Bonchev–Trinajstić information content (AvgIpc) is 1.94. The molecule has 0 aliphatic carbocycles. The van der Waals surface area contributed by atoms with E-state index in [1.54, 1.807) is 12.2 Å². The molecule has 0 spiro atoms. The first-order valence-electron chi connectivity index (χ1n) is 2.15. The first-order valence-corrected chi connectivity index (χ1v) is 2.15. The van der Waals surface area contributed by atoms with Gasteiger partial charge in [-0.2, -0.15) is 0 Å². The summed E-state index contributed by atoms with van der Waals surface area (Å²) in [6, 6.07) is -0.380. The van der Waals surface area contributed by atoms with Gasteiger partial charge in [0, 0.05) is 12.3 Å². The van der Waals surface area contributed by atoms with Gasteiger partial charge in [0.2, 0.25) is 0 Å². The Bertz CT molecular complexity index is 187. The Hall–Kier alpha value is -1.34. The second-order valence-electron chi connectivity index (χ2n) is 1.22. The van der Waals surface area contributed by atoms with Crippen LogP contribution >= 0.6 is 0 Å². The van der Waals surface area contributed by atoms with E-state index in [9.17, 15) is 4.79 Å². The van der Waals surface area contributed by atoms with Crippen LogP contribution < -0.4 is 5.32 Å². The normalized spacial score (nSPS) is 15.8. The third-order valence-electron chi connectivity index (χ3n) is 0.640. The highest BCUT2D eigenvalue weighted by Gasteiger charge is 1.89. The van der Waals surface area contributed by atoms with Gasteiger partial charge in [0.15, 0.2) is 0 Å². The van der Waals surface area contributed by atoms with Crippen LogP contribution in [0.25, 0.3) is 0 Å². The molecule has 0 radical (unpaired) electrons. The van der Waals surface area contributed by atoms with E-state index in [4.69, 9.17) is 0 Å².